The summed E-state index contributed by atoms with van der Waals surface area (Å²) < 4.78 is 3.59. The third kappa shape index (κ3) is 3.47. The second kappa shape index (κ2) is 6.47. The van der Waals surface area contributed by atoms with Crippen molar-refractivity contribution in [1.82, 2.24) is 29.5 Å². The maximum absolute atomic E-state index is 12.0. The number of anilines is 1. The molecule has 2 N–H and O–H groups in total. The highest BCUT2D eigenvalue weighted by Crippen LogP contribution is 2.07. The van der Waals surface area contributed by atoms with E-state index in [2.05, 4.69) is 32.6 Å². The Kier molecular flexibility index (Phi) is 4.22. The fraction of sp³-hybridized carbons (Fsp3) is 0.333. The molecular formula is C15H19N7O. The van der Waals surface area contributed by atoms with Gasteiger partial charge in [-0.1, -0.05) is 6.92 Å². The minimum Gasteiger partial charge on any atom is -0.332 e. The monoisotopic (exact) mass is 313 g/mol. The lowest BCUT2D eigenvalue weighted by Crippen LogP contribution is -2.29. The Bertz CT molecular complexity index is 820. The van der Waals surface area contributed by atoms with Crippen molar-refractivity contribution in [3.05, 3.63) is 42.1 Å². The van der Waals surface area contributed by atoms with E-state index in [-0.39, 0.29) is 6.03 Å². The molecule has 0 saturated carbocycles. The van der Waals surface area contributed by atoms with Gasteiger partial charge in [-0.15, -0.1) is 0 Å². The first-order chi connectivity index (χ1) is 11.2. The van der Waals surface area contributed by atoms with Crippen molar-refractivity contribution in [3.63, 3.8) is 0 Å². The van der Waals surface area contributed by atoms with E-state index in [4.69, 9.17) is 0 Å². The van der Waals surface area contributed by atoms with Gasteiger partial charge < -0.3 is 5.32 Å². The molecule has 0 aliphatic rings. The number of nitrogens with zero attached hydrogens (tertiary/aromatic N) is 5. The number of fused-ring (bicyclic) bond motifs is 1. The molecule has 0 radical (unpaired) electrons. The van der Waals surface area contributed by atoms with Crippen LogP contribution >= 0.6 is 0 Å². The Morgan fingerprint density at radius 2 is 2.17 bits per heavy atom. The Morgan fingerprint density at radius 3 is 3.00 bits per heavy atom. The van der Waals surface area contributed by atoms with Crippen LogP contribution in [0, 0.1) is 6.92 Å². The molecule has 0 bridgehead atoms. The molecule has 0 saturated heterocycles. The summed E-state index contributed by atoms with van der Waals surface area (Å²) in [5.74, 6) is 1.31. The number of amides is 2. The van der Waals surface area contributed by atoms with Crippen LogP contribution in [0.3, 0.4) is 0 Å². The quantitative estimate of drug-likeness (QED) is 0.753. The zero-order chi connectivity index (χ0) is 16.2. The van der Waals surface area contributed by atoms with Crippen LogP contribution in [0.4, 0.5) is 10.6 Å². The van der Waals surface area contributed by atoms with Crippen molar-refractivity contribution in [2.75, 3.05) is 5.32 Å². The predicted octanol–water partition coefficient (Wildman–Crippen LogP) is 1.97. The molecule has 120 valence electrons. The standard InChI is InChI=1S/C15H19N7O/c1-3-7-22-13(4-6-17-22)20-15(23)16-9-12-10-21-8-5-11(2)18-14(21)19-12/h4-6,8,10H,3,7,9H2,1-2H3,(H2,16,20,23). The van der Waals surface area contributed by atoms with E-state index < -0.39 is 0 Å². The molecule has 0 spiro atoms. The Balaban J connectivity index is 1.60. The number of urea groups is 1. The van der Waals surface area contributed by atoms with Gasteiger partial charge in [0.25, 0.3) is 0 Å². The minimum atomic E-state index is -0.288. The number of aryl methyl sites for hydroxylation is 2. The predicted molar refractivity (Wildman–Crippen MR) is 86.1 cm³/mol. The molecule has 23 heavy (non-hydrogen) atoms. The molecule has 0 fully saturated rings. The summed E-state index contributed by atoms with van der Waals surface area (Å²) in [6.45, 7) is 5.07. The van der Waals surface area contributed by atoms with Gasteiger partial charge in [-0.2, -0.15) is 5.10 Å². The lowest BCUT2D eigenvalue weighted by molar-refractivity contribution is 0.251. The lowest BCUT2D eigenvalue weighted by Gasteiger charge is -2.08. The highest BCUT2D eigenvalue weighted by Gasteiger charge is 2.08. The molecule has 8 nitrogen and oxygen atoms in total. The van der Waals surface area contributed by atoms with Crippen LogP contribution in [-0.4, -0.2) is 30.2 Å². The van der Waals surface area contributed by atoms with E-state index in [0.29, 0.717) is 18.1 Å². The summed E-state index contributed by atoms with van der Waals surface area (Å²) in [6.07, 6.45) is 6.37. The van der Waals surface area contributed by atoms with Gasteiger partial charge in [-0.25, -0.2) is 19.4 Å². The number of hydrogen-bond acceptors (Lipinski definition) is 4. The number of imidazole rings is 1. The number of nitrogens with one attached hydrogen (secondary N) is 2. The van der Waals surface area contributed by atoms with E-state index in [1.165, 1.54) is 0 Å². The fourth-order valence-corrected chi connectivity index (χ4v) is 2.25. The van der Waals surface area contributed by atoms with Crippen LogP contribution in [0.25, 0.3) is 5.78 Å². The van der Waals surface area contributed by atoms with Gasteiger partial charge in [0.05, 0.1) is 18.4 Å². The van der Waals surface area contributed by atoms with Crippen molar-refractivity contribution in [3.8, 4) is 0 Å². The highest BCUT2D eigenvalue weighted by molar-refractivity contribution is 5.88. The van der Waals surface area contributed by atoms with E-state index in [9.17, 15) is 4.79 Å². The molecule has 0 atom stereocenters. The first-order valence-corrected chi connectivity index (χ1v) is 7.53. The number of hydrogen-bond donors (Lipinski definition) is 2. The van der Waals surface area contributed by atoms with E-state index in [1.807, 2.05) is 29.8 Å². The third-order valence-corrected chi connectivity index (χ3v) is 3.34. The molecular weight excluding hydrogens is 294 g/mol. The van der Waals surface area contributed by atoms with Crippen LogP contribution in [-0.2, 0) is 13.1 Å². The fourth-order valence-electron chi connectivity index (χ4n) is 2.25. The molecule has 3 rings (SSSR count). The molecule has 0 aliphatic carbocycles. The maximum atomic E-state index is 12.0. The van der Waals surface area contributed by atoms with Crippen molar-refractivity contribution in [2.24, 2.45) is 0 Å². The number of carbonyl (C=O) groups excluding carboxylic acids is 1. The Morgan fingerprint density at radius 1 is 1.30 bits per heavy atom. The summed E-state index contributed by atoms with van der Waals surface area (Å²) in [5.41, 5.74) is 1.66. The van der Waals surface area contributed by atoms with Crippen LogP contribution < -0.4 is 10.6 Å². The molecule has 0 aromatic carbocycles. The maximum Gasteiger partial charge on any atom is 0.320 e. The molecule has 0 aliphatic heterocycles. The number of carbonyl (C=O) groups is 1. The molecule has 0 unspecified atom stereocenters. The highest BCUT2D eigenvalue weighted by atomic mass is 16.2. The van der Waals surface area contributed by atoms with Crippen LogP contribution in [0.2, 0.25) is 0 Å². The van der Waals surface area contributed by atoms with Gasteiger partial charge >= 0.3 is 6.03 Å². The van der Waals surface area contributed by atoms with Crippen LogP contribution in [0.1, 0.15) is 24.7 Å². The normalized spacial score (nSPS) is 10.9. The average molecular weight is 313 g/mol. The summed E-state index contributed by atoms with van der Waals surface area (Å²) in [4.78, 5) is 20.7. The zero-order valence-corrected chi connectivity index (χ0v) is 13.2. The van der Waals surface area contributed by atoms with Crippen molar-refractivity contribution >= 4 is 17.6 Å². The minimum absolute atomic E-state index is 0.288. The van der Waals surface area contributed by atoms with Gasteiger partial charge in [0, 0.05) is 30.7 Å². The second-order valence-electron chi connectivity index (χ2n) is 5.26. The largest absolute Gasteiger partial charge is 0.332 e. The van der Waals surface area contributed by atoms with Gasteiger partial charge in [-0.05, 0) is 19.4 Å². The van der Waals surface area contributed by atoms with Gasteiger partial charge in [0.1, 0.15) is 5.82 Å². The summed E-state index contributed by atoms with van der Waals surface area (Å²) in [7, 11) is 0. The topological polar surface area (TPSA) is 89.1 Å². The van der Waals surface area contributed by atoms with Gasteiger partial charge in [-0.3, -0.25) is 9.72 Å². The molecule has 3 heterocycles. The van der Waals surface area contributed by atoms with E-state index in [1.54, 1.807) is 16.9 Å². The van der Waals surface area contributed by atoms with E-state index in [0.717, 1.165) is 24.4 Å². The SMILES string of the molecule is CCCn1nccc1NC(=O)NCc1cn2ccc(C)nc2n1. The van der Waals surface area contributed by atoms with Crippen molar-refractivity contribution in [2.45, 2.75) is 33.4 Å². The average Bonchev–Trinajstić information content (AvgIpc) is 3.12. The van der Waals surface area contributed by atoms with Crippen molar-refractivity contribution < 1.29 is 4.79 Å². The second-order valence-corrected chi connectivity index (χ2v) is 5.26. The Hall–Kier alpha value is -2.90. The van der Waals surface area contributed by atoms with Gasteiger partial charge in [0.2, 0.25) is 5.78 Å². The summed E-state index contributed by atoms with van der Waals surface area (Å²) in [5, 5.41) is 9.74. The number of rotatable bonds is 5. The number of aromatic nitrogens is 5. The zero-order valence-electron chi connectivity index (χ0n) is 13.2. The van der Waals surface area contributed by atoms with E-state index >= 15 is 0 Å². The first-order valence-electron chi connectivity index (χ1n) is 7.53. The summed E-state index contributed by atoms with van der Waals surface area (Å²) in [6, 6.07) is 3.39. The molecule has 8 heteroatoms. The smallest absolute Gasteiger partial charge is 0.320 e. The Labute approximate surface area is 133 Å². The molecule has 3 aromatic heterocycles. The molecule has 3 aromatic rings. The van der Waals surface area contributed by atoms with Crippen molar-refractivity contribution in [1.29, 1.82) is 0 Å². The lowest BCUT2D eigenvalue weighted by atomic mass is 10.4. The van der Waals surface area contributed by atoms with Gasteiger partial charge in [0.15, 0.2) is 0 Å². The van der Waals surface area contributed by atoms with Crippen LogP contribution in [0.5, 0.6) is 0 Å². The molecule has 2 amide bonds. The third-order valence-electron chi connectivity index (χ3n) is 3.34. The van der Waals surface area contributed by atoms with Crippen LogP contribution in [0.15, 0.2) is 30.7 Å². The first kappa shape index (κ1) is 15.0. The summed E-state index contributed by atoms with van der Waals surface area (Å²) >= 11 is 0.